The molecule has 0 aliphatic carbocycles. The first-order valence-electron chi connectivity index (χ1n) is 4.90. The van der Waals surface area contributed by atoms with Gasteiger partial charge in [0.2, 0.25) is 0 Å². The van der Waals surface area contributed by atoms with Gasteiger partial charge in [0.05, 0.1) is 7.11 Å². The van der Waals surface area contributed by atoms with Crippen LogP contribution in [0.5, 0.6) is 5.75 Å². The average Bonchev–Trinajstić information content (AvgIpc) is 2.33. The molecule has 0 aliphatic heterocycles. The molecule has 0 bridgehead atoms. The first-order valence-corrected chi connectivity index (χ1v) is 5.69. The predicted molar refractivity (Wildman–Crippen MR) is 70.5 cm³/mol. The lowest BCUT2D eigenvalue weighted by Crippen LogP contribution is -1.87. The molecule has 2 aromatic carbocycles. The maximum atomic E-state index is 5.75. The van der Waals surface area contributed by atoms with Crippen molar-refractivity contribution >= 4 is 21.6 Å². The van der Waals surface area contributed by atoms with Crippen molar-refractivity contribution in [2.24, 2.45) is 0 Å². The van der Waals surface area contributed by atoms with E-state index in [9.17, 15) is 0 Å². The highest BCUT2D eigenvalue weighted by Gasteiger charge is 2.02. The van der Waals surface area contributed by atoms with Gasteiger partial charge in [-0.15, -0.1) is 0 Å². The van der Waals surface area contributed by atoms with Gasteiger partial charge in [0.1, 0.15) is 5.75 Å². The second-order valence-corrected chi connectivity index (χ2v) is 4.32. The Morgan fingerprint density at radius 3 is 2.50 bits per heavy atom. The number of nitrogen functional groups attached to an aromatic ring is 1. The molecule has 0 spiro atoms. The smallest absolute Gasteiger partial charge is 0.119 e. The minimum atomic E-state index is 0.742. The Morgan fingerprint density at radius 2 is 1.81 bits per heavy atom. The molecule has 0 aliphatic rings. The number of methoxy groups -OCH3 is 1. The van der Waals surface area contributed by atoms with Gasteiger partial charge in [-0.25, -0.2) is 0 Å². The van der Waals surface area contributed by atoms with Gasteiger partial charge in [-0.05, 0) is 51.3 Å². The zero-order chi connectivity index (χ0) is 11.5. The van der Waals surface area contributed by atoms with E-state index in [-0.39, 0.29) is 0 Å². The molecule has 0 aromatic heterocycles. The van der Waals surface area contributed by atoms with Crippen molar-refractivity contribution in [2.45, 2.75) is 0 Å². The van der Waals surface area contributed by atoms with Gasteiger partial charge < -0.3 is 10.5 Å². The molecule has 2 nitrogen and oxygen atoms in total. The molecule has 0 unspecified atom stereocenters. The topological polar surface area (TPSA) is 35.2 Å². The maximum absolute atomic E-state index is 5.75. The highest BCUT2D eigenvalue weighted by atomic mass is 79.9. The number of anilines is 1. The van der Waals surface area contributed by atoms with Crippen molar-refractivity contribution in [1.82, 2.24) is 0 Å². The summed E-state index contributed by atoms with van der Waals surface area (Å²) in [4.78, 5) is 0. The van der Waals surface area contributed by atoms with E-state index in [1.165, 1.54) is 0 Å². The molecular weight excluding hydrogens is 266 g/mol. The van der Waals surface area contributed by atoms with Crippen molar-refractivity contribution < 1.29 is 4.74 Å². The Morgan fingerprint density at radius 1 is 1.06 bits per heavy atom. The lowest BCUT2D eigenvalue weighted by atomic mass is 10.1. The normalized spacial score (nSPS) is 10.1. The van der Waals surface area contributed by atoms with E-state index in [1.807, 2.05) is 42.5 Å². The van der Waals surface area contributed by atoms with Crippen LogP contribution >= 0.6 is 15.9 Å². The van der Waals surface area contributed by atoms with Gasteiger partial charge in [0.25, 0.3) is 0 Å². The number of halogens is 1. The van der Waals surface area contributed by atoms with Crippen LogP contribution < -0.4 is 10.5 Å². The molecule has 0 heterocycles. The fourth-order valence-corrected chi connectivity index (χ4v) is 1.89. The zero-order valence-corrected chi connectivity index (χ0v) is 10.5. The molecule has 3 heteroatoms. The Kier molecular flexibility index (Phi) is 3.15. The molecule has 2 N–H and O–H groups in total. The average molecular weight is 278 g/mol. The van der Waals surface area contributed by atoms with E-state index in [4.69, 9.17) is 10.5 Å². The molecule has 0 atom stereocenters. The van der Waals surface area contributed by atoms with Crippen LogP contribution in [0.2, 0.25) is 0 Å². The van der Waals surface area contributed by atoms with Crippen LogP contribution in [0, 0.1) is 0 Å². The van der Waals surface area contributed by atoms with Crippen molar-refractivity contribution in [3.8, 4) is 16.9 Å². The number of hydrogen-bond donors (Lipinski definition) is 1. The number of ether oxygens (including phenoxy) is 1. The van der Waals surface area contributed by atoms with E-state index in [1.54, 1.807) is 7.11 Å². The SMILES string of the molecule is COc1cccc(-c2ccc(N)c(Br)c2)c1. The number of benzene rings is 2. The highest BCUT2D eigenvalue weighted by molar-refractivity contribution is 9.10. The fourth-order valence-electron chi connectivity index (χ4n) is 1.51. The second-order valence-electron chi connectivity index (χ2n) is 3.47. The number of nitrogens with two attached hydrogens (primary N) is 1. The molecule has 0 fully saturated rings. The predicted octanol–water partition coefficient (Wildman–Crippen LogP) is 3.71. The third-order valence-electron chi connectivity index (χ3n) is 2.40. The summed E-state index contributed by atoms with van der Waals surface area (Å²) >= 11 is 3.42. The maximum Gasteiger partial charge on any atom is 0.119 e. The van der Waals surface area contributed by atoms with E-state index in [0.717, 1.165) is 27.0 Å². The zero-order valence-electron chi connectivity index (χ0n) is 8.91. The Hall–Kier alpha value is -1.48. The van der Waals surface area contributed by atoms with Crippen LogP contribution in [0.4, 0.5) is 5.69 Å². The lowest BCUT2D eigenvalue weighted by Gasteiger charge is -2.06. The lowest BCUT2D eigenvalue weighted by molar-refractivity contribution is 0.415. The van der Waals surface area contributed by atoms with Crippen LogP contribution in [0.3, 0.4) is 0 Å². The van der Waals surface area contributed by atoms with E-state index in [0.29, 0.717) is 0 Å². The van der Waals surface area contributed by atoms with Gasteiger partial charge in [0, 0.05) is 10.2 Å². The van der Waals surface area contributed by atoms with Gasteiger partial charge in [-0.2, -0.15) is 0 Å². The summed E-state index contributed by atoms with van der Waals surface area (Å²) in [6, 6.07) is 13.8. The minimum absolute atomic E-state index is 0.742. The van der Waals surface area contributed by atoms with Crippen molar-refractivity contribution in [3.63, 3.8) is 0 Å². The number of hydrogen-bond acceptors (Lipinski definition) is 2. The number of rotatable bonds is 2. The summed E-state index contributed by atoms with van der Waals surface area (Å²) in [7, 11) is 1.66. The monoisotopic (exact) mass is 277 g/mol. The summed E-state index contributed by atoms with van der Waals surface area (Å²) < 4.78 is 6.10. The highest BCUT2D eigenvalue weighted by Crippen LogP contribution is 2.29. The van der Waals surface area contributed by atoms with Gasteiger partial charge in [-0.3, -0.25) is 0 Å². The summed E-state index contributed by atoms with van der Waals surface area (Å²) in [6.07, 6.45) is 0. The van der Waals surface area contributed by atoms with Crippen LogP contribution in [0.25, 0.3) is 11.1 Å². The molecule has 16 heavy (non-hydrogen) atoms. The van der Waals surface area contributed by atoms with Crippen molar-refractivity contribution in [3.05, 3.63) is 46.9 Å². The minimum Gasteiger partial charge on any atom is -0.497 e. The Balaban J connectivity index is 2.46. The quantitative estimate of drug-likeness (QED) is 0.850. The first kappa shape index (κ1) is 11.0. The van der Waals surface area contributed by atoms with Crippen molar-refractivity contribution in [1.29, 1.82) is 0 Å². The Labute approximate surface area is 103 Å². The molecular formula is C13H12BrNO. The summed E-state index contributed by atoms with van der Waals surface area (Å²) in [5, 5.41) is 0. The standard InChI is InChI=1S/C13H12BrNO/c1-16-11-4-2-3-9(7-11)10-5-6-13(15)12(14)8-10/h2-8H,15H2,1H3. The molecule has 2 aromatic rings. The van der Waals surface area contributed by atoms with Gasteiger partial charge >= 0.3 is 0 Å². The van der Waals surface area contributed by atoms with E-state index >= 15 is 0 Å². The third kappa shape index (κ3) is 2.19. The summed E-state index contributed by atoms with van der Waals surface area (Å²) in [6.45, 7) is 0. The van der Waals surface area contributed by atoms with Crippen LogP contribution in [-0.2, 0) is 0 Å². The summed E-state index contributed by atoms with van der Waals surface area (Å²) in [5.41, 5.74) is 8.72. The first-order chi connectivity index (χ1) is 7.70. The molecule has 0 saturated heterocycles. The summed E-state index contributed by atoms with van der Waals surface area (Å²) in [5.74, 6) is 0.852. The van der Waals surface area contributed by atoms with Gasteiger partial charge in [-0.1, -0.05) is 18.2 Å². The Bertz CT molecular complexity index is 511. The fraction of sp³-hybridized carbons (Fsp3) is 0.0769. The molecule has 2 rings (SSSR count). The molecule has 0 saturated carbocycles. The molecule has 0 radical (unpaired) electrons. The van der Waals surface area contributed by atoms with Crippen LogP contribution in [-0.4, -0.2) is 7.11 Å². The van der Waals surface area contributed by atoms with Gasteiger partial charge in [0.15, 0.2) is 0 Å². The van der Waals surface area contributed by atoms with Crippen LogP contribution in [0.15, 0.2) is 46.9 Å². The van der Waals surface area contributed by atoms with E-state index in [2.05, 4.69) is 15.9 Å². The largest absolute Gasteiger partial charge is 0.497 e. The molecule has 0 amide bonds. The molecule has 82 valence electrons. The van der Waals surface area contributed by atoms with Crippen molar-refractivity contribution in [2.75, 3.05) is 12.8 Å². The van der Waals surface area contributed by atoms with Crippen LogP contribution in [0.1, 0.15) is 0 Å². The third-order valence-corrected chi connectivity index (χ3v) is 3.09. The second kappa shape index (κ2) is 4.58. The van der Waals surface area contributed by atoms with E-state index < -0.39 is 0 Å².